The molecule has 2 rings (SSSR count). The molecular weight excluding hydrogens is 322 g/mol. The van der Waals surface area contributed by atoms with Gasteiger partial charge in [0.15, 0.2) is 0 Å². The zero-order valence-corrected chi connectivity index (χ0v) is 14.1. The summed E-state index contributed by atoms with van der Waals surface area (Å²) in [5.41, 5.74) is 0.442. The number of rotatable bonds is 9. The summed E-state index contributed by atoms with van der Waals surface area (Å²) in [5.74, 6) is 0.625. The maximum Gasteiger partial charge on any atom is 0.325 e. The Bertz CT molecular complexity index is 670. The fraction of sp³-hybridized carbons (Fsp3) is 0.263. The number of ether oxygens (including phenoxy) is 3. The van der Waals surface area contributed by atoms with Crippen molar-refractivity contribution in [3.63, 3.8) is 0 Å². The monoisotopic (exact) mass is 343 g/mol. The lowest BCUT2D eigenvalue weighted by atomic mass is 10.2. The maximum atomic E-state index is 11.9. The molecule has 0 radical (unpaired) electrons. The van der Waals surface area contributed by atoms with Gasteiger partial charge in [-0.25, -0.2) is 0 Å². The number of amides is 1. The van der Waals surface area contributed by atoms with Crippen molar-refractivity contribution in [3.8, 4) is 11.5 Å². The van der Waals surface area contributed by atoms with Gasteiger partial charge in [0.05, 0.1) is 6.61 Å². The lowest BCUT2D eigenvalue weighted by Gasteiger charge is -2.09. The third-order valence-corrected chi connectivity index (χ3v) is 3.18. The van der Waals surface area contributed by atoms with E-state index in [4.69, 9.17) is 14.2 Å². The maximum absolute atomic E-state index is 11.9. The summed E-state index contributed by atoms with van der Waals surface area (Å²) < 4.78 is 15.8. The van der Waals surface area contributed by atoms with Gasteiger partial charge in [-0.1, -0.05) is 18.2 Å². The molecule has 0 saturated carbocycles. The minimum Gasteiger partial charge on any atom is -0.490 e. The number of hydrogen-bond donors (Lipinski definition) is 1. The second-order valence-electron chi connectivity index (χ2n) is 5.02. The van der Waals surface area contributed by atoms with E-state index in [1.165, 1.54) is 0 Å². The molecular formula is C19H21NO5. The number of benzene rings is 2. The Morgan fingerprint density at radius 2 is 1.48 bits per heavy atom. The SMILES string of the molecule is CCOC(=O)CNC(=O)c1ccc(OCCOc2ccccc2)cc1. The zero-order chi connectivity index (χ0) is 17.9. The number of nitrogens with one attached hydrogen (secondary N) is 1. The normalized spacial score (nSPS) is 9.96. The van der Waals surface area contributed by atoms with Crippen LogP contribution in [-0.2, 0) is 9.53 Å². The molecule has 0 heterocycles. The lowest BCUT2D eigenvalue weighted by molar-refractivity contribution is -0.141. The molecule has 0 aliphatic carbocycles. The Kier molecular flexibility index (Phi) is 7.31. The second-order valence-corrected chi connectivity index (χ2v) is 5.02. The van der Waals surface area contributed by atoms with E-state index in [9.17, 15) is 9.59 Å². The summed E-state index contributed by atoms with van der Waals surface area (Å²) in [6.45, 7) is 2.66. The molecule has 2 aromatic rings. The van der Waals surface area contributed by atoms with Gasteiger partial charge in [0, 0.05) is 5.56 Å². The molecule has 132 valence electrons. The molecule has 0 aliphatic heterocycles. The summed E-state index contributed by atoms with van der Waals surface area (Å²) in [7, 11) is 0. The van der Waals surface area contributed by atoms with Crippen LogP contribution in [0, 0.1) is 0 Å². The quantitative estimate of drug-likeness (QED) is 0.559. The molecule has 6 nitrogen and oxygen atoms in total. The van der Waals surface area contributed by atoms with Crippen molar-refractivity contribution in [3.05, 3.63) is 60.2 Å². The number of esters is 1. The van der Waals surface area contributed by atoms with Crippen LogP contribution in [0.4, 0.5) is 0 Å². The van der Waals surface area contributed by atoms with Gasteiger partial charge >= 0.3 is 5.97 Å². The van der Waals surface area contributed by atoms with Crippen molar-refractivity contribution in [2.24, 2.45) is 0 Å². The number of carbonyl (C=O) groups is 2. The molecule has 0 saturated heterocycles. The molecule has 0 aliphatic rings. The Balaban J connectivity index is 1.72. The van der Waals surface area contributed by atoms with Crippen LogP contribution in [0.2, 0.25) is 0 Å². The van der Waals surface area contributed by atoms with Gasteiger partial charge in [-0.2, -0.15) is 0 Å². The van der Waals surface area contributed by atoms with Crippen LogP contribution in [0.25, 0.3) is 0 Å². The first kappa shape index (κ1) is 18.3. The largest absolute Gasteiger partial charge is 0.490 e. The molecule has 0 spiro atoms. The summed E-state index contributed by atoms with van der Waals surface area (Å²) in [5, 5.41) is 2.50. The van der Waals surface area contributed by atoms with Gasteiger partial charge in [-0.15, -0.1) is 0 Å². The van der Waals surface area contributed by atoms with Crippen molar-refractivity contribution < 1.29 is 23.8 Å². The molecule has 0 fully saturated rings. The standard InChI is InChI=1S/C19H21NO5/c1-2-23-18(21)14-20-19(22)15-8-10-17(11-9-15)25-13-12-24-16-6-4-3-5-7-16/h3-11H,2,12-14H2,1H3,(H,20,22). The average molecular weight is 343 g/mol. The van der Waals surface area contributed by atoms with Crippen LogP contribution in [0.3, 0.4) is 0 Å². The Hall–Kier alpha value is -3.02. The smallest absolute Gasteiger partial charge is 0.325 e. The van der Waals surface area contributed by atoms with Crippen LogP contribution in [0.15, 0.2) is 54.6 Å². The molecule has 0 atom stereocenters. The molecule has 0 unspecified atom stereocenters. The number of carbonyl (C=O) groups excluding carboxylic acids is 2. The Morgan fingerprint density at radius 3 is 2.08 bits per heavy atom. The van der Waals surface area contributed by atoms with Crippen molar-refractivity contribution in [2.75, 3.05) is 26.4 Å². The van der Waals surface area contributed by atoms with E-state index in [0.29, 0.717) is 24.5 Å². The van der Waals surface area contributed by atoms with E-state index in [2.05, 4.69) is 5.32 Å². The number of para-hydroxylation sites is 1. The minimum atomic E-state index is -0.464. The van der Waals surface area contributed by atoms with Gasteiger partial charge in [0.25, 0.3) is 5.91 Å². The molecule has 1 amide bonds. The van der Waals surface area contributed by atoms with Crippen LogP contribution in [0.1, 0.15) is 17.3 Å². The Labute approximate surface area is 146 Å². The highest BCUT2D eigenvalue weighted by Gasteiger charge is 2.08. The average Bonchev–Trinajstić information content (AvgIpc) is 2.65. The molecule has 1 N–H and O–H groups in total. The van der Waals surface area contributed by atoms with E-state index in [1.54, 1.807) is 31.2 Å². The molecule has 0 aromatic heterocycles. The highest BCUT2D eigenvalue weighted by molar-refractivity contribution is 5.95. The summed E-state index contributed by atoms with van der Waals surface area (Å²) in [4.78, 5) is 23.1. The fourth-order valence-electron chi connectivity index (χ4n) is 2.00. The first-order valence-corrected chi connectivity index (χ1v) is 8.03. The molecule has 0 bridgehead atoms. The fourth-order valence-corrected chi connectivity index (χ4v) is 2.00. The predicted molar refractivity (Wildman–Crippen MR) is 92.8 cm³/mol. The zero-order valence-electron chi connectivity index (χ0n) is 14.1. The topological polar surface area (TPSA) is 73.9 Å². The van der Waals surface area contributed by atoms with Crippen molar-refractivity contribution in [2.45, 2.75) is 6.92 Å². The van der Waals surface area contributed by atoms with E-state index in [0.717, 1.165) is 5.75 Å². The highest BCUT2D eigenvalue weighted by Crippen LogP contribution is 2.13. The predicted octanol–water partition coefficient (Wildman–Crippen LogP) is 2.44. The first-order valence-electron chi connectivity index (χ1n) is 8.03. The third kappa shape index (κ3) is 6.55. The molecule has 25 heavy (non-hydrogen) atoms. The van der Waals surface area contributed by atoms with Crippen LogP contribution in [-0.4, -0.2) is 38.2 Å². The van der Waals surface area contributed by atoms with E-state index in [1.807, 2.05) is 30.3 Å². The minimum absolute atomic E-state index is 0.151. The van der Waals surface area contributed by atoms with Crippen LogP contribution >= 0.6 is 0 Å². The summed E-state index contributed by atoms with van der Waals surface area (Å²) >= 11 is 0. The van der Waals surface area contributed by atoms with Gasteiger partial charge in [-0.3, -0.25) is 9.59 Å². The second kappa shape index (κ2) is 9.97. The van der Waals surface area contributed by atoms with Gasteiger partial charge < -0.3 is 19.5 Å². The van der Waals surface area contributed by atoms with E-state index >= 15 is 0 Å². The van der Waals surface area contributed by atoms with E-state index < -0.39 is 5.97 Å². The third-order valence-electron chi connectivity index (χ3n) is 3.18. The van der Waals surface area contributed by atoms with Crippen molar-refractivity contribution in [1.82, 2.24) is 5.32 Å². The lowest BCUT2D eigenvalue weighted by Crippen LogP contribution is -2.30. The van der Waals surface area contributed by atoms with Gasteiger partial charge in [0.2, 0.25) is 0 Å². The van der Waals surface area contributed by atoms with Gasteiger partial charge in [-0.05, 0) is 43.3 Å². The van der Waals surface area contributed by atoms with Crippen molar-refractivity contribution >= 4 is 11.9 Å². The summed E-state index contributed by atoms with van der Waals surface area (Å²) in [6, 6.07) is 16.1. The van der Waals surface area contributed by atoms with Crippen LogP contribution in [0.5, 0.6) is 11.5 Å². The van der Waals surface area contributed by atoms with Crippen LogP contribution < -0.4 is 14.8 Å². The van der Waals surface area contributed by atoms with Gasteiger partial charge in [0.1, 0.15) is 31.3 Å². The first-order chi connectivity index (χ1) is 12.2. The number of hydrogen-bond acceptors (Lipinski definition) is 5. The molecule has 6 heteroatoms. The Morgan fingerprint density at radius 1 is 0.880 bits per heavy atom. The van der Waals surface area contributed by atoms with E-state index in [-0.39, 0.29) is 19.1 Å². The summed E-state index contributed by atoms with van der Waals surface area (Å²) in [6.07, 6.45) is 0. The molecule has 2 aromatic carbocycles. The highest BCUT2D eigenvalue weighted by atomic mass is 16.5. The van der Waals surface area contributed by atoms with Crippen molar-refractivity contribution in [1.29, 1.82) is 0 Å².